The molecule has 2 aromatic rings. The van der Waals surface area contributed by atoms with Gasteiger partial charge in [-0.3, -0.25) is 0 Å². The molecule has 0 aliphatic heterocycles. The number of rotatable bonds is 8. The fourth-order valence-electron chi connectivity index (χ4n) is 3.27. The Morgan fingerprint density at radius 3 is 1.59 bits per heavy atom. The molecule has 39 heavy (non-hydrogen) atoms. The number of hydrogen-bond acceptors (Lipinski definition) is 5. The van der Waals surface area contributed by atoms with Crippen LogP contribution in [-0.2, 0) is 0 Å². The summed E-state index contributed by atoms with van der Waals surface area (Å²) in [4.78, 5) is 28.7. The molecule has 2 rings (SSSR count). The number of benzene rings is 2. The predicted molar refractivity (Wildman–Crippen MR) is 140 cm³/mol. The average molecular weight is 509 g/mol. The molecule has 0 aromatic heterocycles. The van der Waals surface area contributed by atoms with Crippen LogP contribution in [-0.4, -0.2) is 28.0 Å². The van der Waals surface area contributed by atoms with Crippen molar-refractivity contribution < 1.29 is 19.8 Å². The molecular formula is C29H13N6O4-. The van der Waals surface area contributed by atoms with Gasteiger partial charge < -0.3 is 15.6 Å². The van der Waals surface area contributed by atoms with E-state index < -0.39 is 23.3 Å². The van der Waals surface area contributed by atoms with Gasteiger partial charge in [-0.25, -0.2) is 15.5 Å². The highest BCUT2D eigenvalue weighted by Gasteiger charge is 2.21. The topological polar surface area (TPSA) is 177 Å². The van der Waals surface area contributed by atoms with Gasteiger partial charge in [-0.2, -0.15) is 25.5 Å². The molecule has 0 spiro atoms. The zero-order chi connectivity index (χ0) is 28.9. The molecule has 2 aromatic carbocycles. The molecule has 0 saturated heterocycles. The number of nitriles is 3. The monoisotopic (exact) mass is 509 g/mol. The summed E-state index contributed by atoms with van der Waals surface area (Å²) in [5.74, 6) is -1.11. The second-order valence-electron chi connectivity index (χ2n) is 7.24. The molecule has 0 radical (unpaired) electrons. The van der Waals surface area contributed by atoms with Crippen molar-refractivity contribution in [1.29, 1.82) is 15.8 Å². The first-order valence-electron chi connectivity index (χ1n) is 10.5. The van der Waals surface area contributed by atoms with Gasteiger partial charge in [0, 0.05) is 5.57 Å². The SMILES string of the molecule is [C-]#[N+]C([N+]#[C-])=C(/C(C#N)=C/C=C/C(C#N)=C(/C(=C=[N-])C#N)c1ccc(C(=O)O)cc1)c1ccc(C(=O)O)cc1. The van der Waals surface area contributed by atoms with Gasteiger partial charge in [-0.15, -0.1) is 0 Å². The second kappa shape index (κ2) is 13.4. The lowest BCUT2D eigenvalue weighted by Crippen LogP contribution is -1.98. The van der Waals surface area contributed by atoms with E-state index in [1.54, 1.807) is 11.9 Å². The number of nitrogens with zero attached hydrogens (tertiary/aromatic N) is 6. The molecule has 184 valence electrons. The molecule has 0 aliphatic rings. The fourth-order valence-corrected chi connectivity index (χ4v) is 3.27. The van der Waals surface area contributed by atoms with Crippen molar-refractivity contribution in [2.24, 2.45) is 0 Å². The number of aromatic carboxylic acids is 2. The molecular weight excluding hydrogens is 496 g/mol. The molecule has 0 fully saturated rings. The van der Waals surface area contributed by atoms with E-state index in [0.29, 0.717) is 0 Å². The van der Waals surface area contributed by atoms with Crippen molar-refractivity contribution in [3.8, 4) is 18.2 Å². The number of allylic oxidation sites excluding steroid dienone is 8. The van der Waals surface area contributed by atoms with Crippen molar-refractivity contribution in [3.63, 3.8) is 0 Å². The Bertz CT molecular complexity index is 1720. The van der Waals surface area contributed by atoms with Gasteiger partial charge in [0.2, 0.25) is 0 Å². The van der Waals surface area contributed by atoms with Crippen LogP contribution in [0.25, 0.3) is 26.2 Å². The van der Waals surface area contributed by atoms with Gasteiger partial charge in [0.25, 0.3) is 0 Å². The Morgan fingerprint density at radius 1 is 0.769 bits per heavy atom. The Morgan fingerprint density at radius 2 is 1.23 bits per heavy atom. The Kier molecular flexibility index (Phi) is 9.76. The van der Waals surface area contributed by atoms with E-state index in [0.717, 1.165) is 0 Å². The Balaban J connectivity index is 2.72. The average Bonchev–Trinajstić information content (AvgIpc) is 2.95. The van der Waals surface area contributed by atoms with Crippen molar-refractivity contribution in [1.82, 2.24) is 0 Å². The molecule has 0 atom stereocenters. The minimum Gasteiger partial charge on any atom is -0.762 e. The van der Waals surface area contributed by atoms with Gasteiger partial charge in [0.05, 0.1) is 45.6 Å². The van der Waals surface area contributed by atoms with E-state index in [1.807, 2.05) is 12.1 Å². The lowest BCUT2D eigenvalue weighted by Gasteiger charge is -2.08. The second-order valence-corrected chi connectivity index (χ2v) is 7.24. The van der Waals surface area contributed by atoms with Crippen LogP contribution in [0.5, 0.6) is 0 Å². The summed E-state index contributed by atoms with van der Waals surface area (Å²) < 4.78 is 0. The van der Waals surface area contributed by atoms with Crippen molar-refractivity contribution in [2.45, 2.75) is 0 Å². The molecule has 0 bridgehead atoms. The largest absolute Gasteiger partial charge is 0.762 e. The smallest absolute Gasteiger partial charge is 0.528 e. The van der Waals surface area contributed by atoms with E-state index in [4.69, 9.17) is 23.4 Å². The zero-order valence-electron chi connectivity index (χ0n) is 19.7. The van der Waals surface area contributed by atoms with Crippen LogP contribution < -0.4 is 0 Å². The normalized spacial score (nSPS) is 10.8. The van der Waals surface area contributed by atoms with E-state index >= 15 is 0 Å². The highest BCUT2D eigenvalue weighted by Crippen LogP contribution is 2.30. The number of carbonyl (C=O) groups is 2. The number of carboxylic acid groups (broad SMARTS) is 2. The molecule has 0 unspecified atom stereocenters. The lowest BCUT2D eigenvalue weighted by atomic mass is 9.93. The summed E-state index contributed by atoms with van der Waals surface area (Å²) in [7, 11) is 0. The van der Waals surface area contributed by atoms with Crippen LogP contribution in [0.3, 0.4) is 0 Å². The maximum absolute atomic E-state index is 11.2. The standard InChI is InChI=1S/C29H13N6O4/c1-34-27(35-2)26(19-8-12-21(13-9-19)29(38)39)23(15-31)5-3-4-22(14-30)25(24(16-32)17-33)18-6-10-20(11-7-18)28(36)37/h3-13H,(H,36,37)(H,38,39)/q-1/b4-3+,23-5+,25-22-. The molecule has 2 N–H and O–H groups in total. The first kappa shape index (κ1) is 28.5. The quantitative estimate of drug-likeness (QED) is 0.211. The third-order valence-electron chi connectivity index (χ3n) is 5.06. The van der Waals surface area contributed by atoms with Crippen LogP contribution in [0.4, 0.5) is 0 Å². The molecule has 0 saturated carbocycles. The van der Waals surface area contributed by atoms with Crippen molar-refractivity contribution in [3.05, 3.63) is 140 Å². The third kappa shape index (κ3) is 6.68. The van der Waals surface area contributed by atoms with Crippen LogP contribution in [0, 0.1) is 47.1 Å². The van der Waals surface area contributed by atoms with Crippen molar-refractivity contribution >= 4 is 29.0 Å². The summed E-state index contributed by atoms with van der Waals surface area (Å²) in [6, 6.07) is 15.9. The first-order valence-corrected chi connectivity index (χ1v) is 10.5. The summed E-state index contributed by atoms with van der Waals surface area (Å²) in [5.41, 5.74) is -0.455. The minimum atomic E-state index is -1.19. The van der Waals surface area contributed by atoms with Gasteiger partial charge in [0.15, 0.2) is 0 Å². The molecule has 10 heteroatoms. The summed E-state index contributed by atoms with van der Waals surface area (Å²) in [6.45, 7) is 14.7. The highest BCUT2D eigenvalue weighted by atomic mass is 16.4. The molecule has 0 amide bonds. The maximum Gasteiger partial charge on any atom is 0.528 e. The van der Waals surface area contributed by atoms with Gasteiger partial charge in [-0.05, 0) is 47.5 Å². The predicted octanol–water partition coefficient (Wildman–Crippen LogP) is 5.26. The Hall–Kier alpha value is -6.76. The molecule has 0 heterocycles. The van der Waals surface area contributed by atoms with Gasteiger partial charge in [-0.1, -0.05) is 30.3 Å². The van der Waals surface area contributed by atoms with E-state index in [2.05, 4.69) is 9.69 Å². The van der Waals surface area contributed by atoms with Crippen LogP contribution in [0.15, 0.2) is 89.3 Å². The third-order valence-corrected chi connectivity index (χ3v) is 5.06. The molecule has 0 aliphatic carbocycles. The van der Waals surface area contributed by atoms with Gasteiger partial charge >= 0.3 is 17.8 Å². The van der Waals surface area contributed by atoms with E-state index in [-0.39, 0.29) is 44.5 Å². The minimum absolute atomic E-state index is 0.0394. The zero-order valence-corrected chi connectivity index (χ0v) is 19.7. The summed E-state index contributed by atoms with van der Waals surface area (Å²) in [6.07, 6.45) is 3.69. The summed E-state index contributed by atoms with van der Waals surface area (Å²) >= 11 is 0. The Labute approximate surface area is 222 Å². The maximum atomic E-state index is 11.2. The molecule has 10 nitrogen and oxygen atoms in total. The van der Waals surface area contributed by atoms with E-state index in [9.17, 15) is 30.8 Å². The van der Waals surface area contributed by atoms with Crippen LogP contribution in [0.2, 0.25) is 0 Å². The first-order chi connectivity index (χ1) is 18.8. The van der Waals surface area contributed by atoms with Crippen molar-refractivity contribution in [2.75, 3.05) is 0 Å². The van der Waals surface area contributed by atoms with Crippen LogP contribution >= 0.6 is 0 Å². The number of carboxylic acids is 2. The number of hydrogen-bond donors (Lipinski definition) is 2. The van der Waals surface area contributed by atoms with Gasteiger partial charge in [0.1, 0.15) is 19.2 Å². The van der Waals surface area contributed by atoms with E-state index in [1.165, 1.54) is 66.8 Å². The fraction of sp³-hybridized carbons (Fsp3) is 0. The lowest BCUT2D eigenvalue weighted by molar-refractivity contribution is 0.0686. The van der Waals surface area contributed by atoms with Crippen LogP contribution in [0.1, 0.15) is 31.8 Å². The highest BCUT2D eigenvalue weighted by molar-refractivity contribution is 5.98. The summed E-state index contributed by atoms with van der Waals surface area (Å²) in [5, 5.41) is 56.7.